The van der Waals surface area contributed by atoms with Crippen molar-refractivity contribution >= 4 is 11.6 Å². The molecule has 1 aromatic heterocycles. The molecule has 1 atom stereocenters. The molecule has 96 valence electrons. The number of hydrogen-bond acceptors (Lipinski definition) is 4. The van der Waals surface area contributed by atoms with Gasteiger partial charge in [-0.25, -0.2) is 0 Å². The molecule has 0 radical (unpaired) electrons. The van der Waals surface area contributed by atoms with E-state index in [2.05, 4.69) is 15.7 Å². The molecule has 1 unspecified atom stereocenters. The van der Waals surface area contributed by atoms with E-state index in [1.807, 2.05) is 20.2 Å². The van der Waals surface area contributed by atoms with E-state index < -0.39 is 0 Å². The van der Waals surface area contributed by atoms with E-state index in [4.69, 9.17) is 4.74 Å². The Balaban J connectivity index is 2.27. The van der Waals surface area contributed by atoms with E-state index in [1.54, 1.807) is 18.0 Å². The third-order valence-corrected chi connectivity index (χ3v) is 2.31. The Morgan fingerprint density at radius 1 is 1.65 bits per heavy atom. The Morgan fingerprint density at radius 3 is 3.00 bits per heavy atom. The van der Waals surface area contributed by atoms with Crippen molar-refractivity contribution in [3.05, 3.63) is 12.4 Å². The summed E-state index contributed by atoms with van der Waals surface area (Å²) in [5.41, 5.74) is 0.840. The molecule has 0 bridgehead atoms. The first kappa shape index (κ1) is 13.5. The second-order valence-electron chi connectivity index (χ2n) is 3.91. The molecule has 0 aromatic carbocycles. The topological polar surface area (TPSA) is 68.2 Å². The van der Waals surface area contributed by atoms with Gasteiger partial charge in [0.05, 0.1) is 11.9 Å². The van der Waals surface area contributed by atoms with Gasteiger partial charge in [-0.1, -0.05) is 0 Å². The van der Waals surface area contributed by atoms with Crippen LogP contribution in [0, 0.1) is 0 Å². The third kappa shape index (κ3) is 4.86. The van der Waals surface area contributed by atoms with Crippen molar-refractivity contribution in [2.75, 3.05) is 25.6 Å². The maximum absolute atomic E-state index is 11.7. The largest absolute Gasteiger partial charge is 0.385 e. The molecule has 0 saturated heterocycles. The van der Waals surface area contributed by atoms with Crippen LogP contribution in [0.5, 0.6) is 0 Å². The molecule has 1 rings (SSSR count). The van der Waals surface area contributed by atoms with Crippen LogP contribution in [0.25, 0.3) is 0 Å². The van der Waals surface area contributed by atoms with E-state index in [0.717, 1.165) is 12.1 Å². The molecule has 1 heterocycles. The molecule has 0 saturated carbocycles. The second-order valence-corrected chi connectivity index (χ2v) is 3.91. The second kappa shape index (κ2) is 6.90. The van der Waals surface area contributed by atoms with Crippen molar-refractivity contribution < 1.29 is 9.53 Å². The van der Waals surface area contributed by atoms with Gasteiger partial charge in [0.1, 0.15) is 6.04 Å². The normalized spacial score (nSPS) is 12.2. The molecule has 0 fully saturated rings. The van der Waals surface area contributed by atoms with Crippen LogP contribution in [-0.4, -0.2) is 42.0 Å². The Bertz CT molecular complexity index is 351. The van der Waals surface area contributed by atoms with Gasteiger partial charge in [-0.15, -0.1) is 0 Å². The van der Waals surface area contributed by atoms with E-state index in [0.29, 0.717) is 13.2 Å². The minimum atomic E-state index is -0.276. The molecule has 0 aliphatic heterocycles. The van der Waals surface area contributed by atoms with Gasteiger partial charge in [0.25, 0.3) is 0 Å². The summed E-state index contributed by atoms with van der Waals surface area (Å²) >= 11 is 0. The molecule has 0 aliphatic carbocycles. The Hall–Kier alpha value is -1.56. The number of carbonyl (C=O) groups is 1. The quantitative estimate of drug-likeness (QED) is 0.676. The lowest BCUT2D eigenvalue weighted by atomic mass is 10.3. The van der Waals surface area contributed by atoms with E-state index in [9.17, 15) is 4.79 Å². The third-order valence-electron chi connectivity index (χ3n) is 2.31. The van der Waals surface area contributed by atoms with Gasteiger partial charge < -0.3 is 15.4 Å². The predicted molar refractivity (Wildman–Crippen MR) is 65.8 cm³/mol. The van der Waals surface area contributed by atoms with Crippen molar-refractivity contribution in [1.29, 1.82) is 0 Å². The number of hydrogen-bond donors (Lipinski definition) is 2. The monoisotopic (exact) mass is 240 g/mol. The van der Waals surface area contributed by atoms with Crippen molar-refractivity contribution in [2.24, 2.45) is 7.05 Å². The smallest absolute Gasteiger partial charge is 0.242 e. The summed E-state index contributed by atoms with van der Waals surface area (Å²) in [6.07, 6.45) is 4.34. The van der Waals surface area contributed by atoms with Crippen LogP contribution in [0.1, 0.15) is 13.3 Å². The first-order valence-corrected chi connectivity index (χ1v) is 5.65. The number of nitrogens with one attached hydrogen (secondary N) is 2. The van der Waals surface area contributed by atoms with Crippen LogP contribution in [-0.2, 0) is 16.6 Å². The van der Waals surface area contributed by atoms with E-state index in [-0.39, 0.29) is 11.9 Å². The maximum atomic E-state index is 11.7. The SMILES string of the molecule is COCCCNC(=O)C(C)Nc1cnn(C)c1. The van der Waals surface area contributed by atoms with Gasteiger partial charge in [0, 0.05) is 33.5 Å². The fraction of sp³-hybridized carbons (Fsp3) is 0.636. The van der Waals surface area contributed by atoms with Gasteiger partial charge in [-0.3, -0.25) is 9.48 Å². The van der Waals surface area contributed by atoms with Crippen LogP contribution in [0.15, 0.2) is 12.4 Å². The Kier molecular flexibility index (Phi) is 5.48. The van der Waals surface area contributed by atoms with Crippen LogP contribution >= 0.6 is 0 Å². The molecule has 2 N–H and O–H groups in total. The lowest BCUT2D eigenvalue weighted by Gasteiger charge is -2.13. The van der Waals surface area contributed by atoms with Crippen LogP contribution in [0.2, 0.25) is 0 Å². The van der Waals surface area contributed by atoms with Gasteiger partial charge in [0.15, 0.2) is 0 Å². The minimum absolute atomic E-state index is 0.0232. The molecule has 0 aliphatic rings. The van der Waals surface area contributed by atoms with Crippen LogP contribution in [0.3, 0.4) is 0 Å². The fourth-order valence-electron chi connectivity index (χ4n) is 1.39. The van der Waals surface area contributed by atoms with Crippen molar-refractivity contribution in [3.8, 4) is 0 Å². The number of rotatable bonds is 7. The number of aryl methyl sites for hydroxylation is 1. The lowest BCUT2D eigenvalue weighted by molar-refractivity contribution is -0.121. The fourth-order valence-corrected chi connectivity index (χ4v) is 1.39. The number of carbonyl (C=O) groups excluding carboxylic acids is 1. The van der Waals surface area contributed by atoms with Gasteiger partial charge >= 0.3 is 0 Å². The highest BCUT2D eigenvalue weighted by atomic mass is 16.5. The van der Waals surface area contributed by atoms with Crippen LogP contribution in [0.4, 0.5) is 5.69 Å². The molecule has 6 heteroatoms. The van der Waals surface area contributed by atoms with E-state index >= 15 is 0 Å². The van der Waals surface area contributed by atoms with Gasteiger partial charge in [0.2, 0.25) is 5.91 Å². The zero-order valence-electron chi connectivity index (χ0n) is 10.6. The van der Waals surface area contributed by atoms with Gasteiger partial charge in [-0.05, 0) is 13.3 Å². The molecule has 1 amide bonds. The first-order valence-electron chi connectivity index (χ1n) is 5.65. The number of methoxy groups -OCH3 is 1. The average Bonchev–Trinajstić information content (AvgIpc) is 2.70. The van der Waals surface area contributed by atoms with E-state index in [1.165, 1.54) is 0 Å². The van der Waals surface area contributed by atoms with Crippen LogP contribution < -0.4 is 10.6 Å². The van der Waals surface area contributed by atoms with Crippen molar-refractivity contribution in [1.82, 2.24) is 15.1 Å². The lowest BCUT2D eigenvalue weighted by Crippen LogP contribution is -2.38. The molecule has 6 nitrogen and oxygen atoms in total. The summed E-state index contributed by atoms with van der Waals surface area (Å²) in [6.45, 7) is 3.11. The summed E-state index contributed by atoms with van der Waals surface area (Å²) in [6, 6.07) is -0.276. The predicted octanol–water partition coefficient (Wildman–Crippen LogP) is 0.373. The molecule has 0 spiro atoms. The number of nitrogens with zero attached hydrogens (tertiary/aromatic N) is 2. The zero-order chi connectivity index (χ0) is 12.7. The van der Waals surface area contributed by atoms with Crippen molar-refractivity contribution in [3.63, 3.8) is 0 Å². The molecule has 17 heavy (non-hydrogen) atoms. The summed E-state index contributed by atoms with van der Waals surface area (Å²) < 4.78 is 6.59. The Labute approximate surface area is 101 Å². The molecule has 1 aromatic rings. The summed E-state index contributed by atoms with van der Waals surface area (Å²) in [5, 5.41) is 9.93. The Morgan fingerprint density at radius 2 is 2.41 bits per heavy atom. The summed E-state index contributed by atoms with van der Waals surface area (Å²) in [7, 11) is 3.48. The number of ether oxygens (including phenoxy) is 1. The maximum Gasteiger partial charge on any atom is 0.242 e. The summed E-state index contributed by atoms with van der Waals surface area (Å²) in [5.74, 6) is -0.0232. The van der Waals surface area contributed by atoms with Gasteiger partial charge in [-0.2, -0.15) is 5.10 Å². The zero-order valence-corrected chi connectivity index (χ0v) is 10.6. The standard InChI is InChI=1S/C11H20N4O2/c1-9(11(16)12-5-4-6-17-3)14-10-7-13-15(2)8-10/h7-9,14H,4-6H2,1-3H3,(H,12,16). The summed E-state index contributed by atoms with van der Waals surface area (Å²) in [4.78, 5) is 11.7. The molecular formula is C11H20N4O2. The number of aromatic nitrogens is 2. The highest BCUT2D eigenvalue weighted by molar-refractivity contribution is 5.83. The highest BCUT2D eigenvalue weighted by Gasteiger charge is 2.12. The average molecular weight is 240 g/mol. The number of amides is 1. The molecular weight excluding hydrogens is 220 g/mol. The first-order chi connectivity index (χ1) is 8.13. The minimum Gasteiger partial charge on any atom is -0.385 e. The van der Waals surface area contributed by atoms with Crippen molar-refractivity contribution in [2.45, 2.75) is 19.4 Å². The highest BCUT2D eigenvalue weighted by Crippen LogP contribution is 2.05. The number of anilines is 1.